The predicted molar refractivity (Wildman–Crippen MR) is 89.0 cm³/mol. The first-order chi connectivity index (χ1) is 10.9. The van der Waals surface area contributed by atoms with Gasteiger partial charge in [0.1, 0.15) is 0 Å². The van der Waals surface area contributed by atoms with E-state index >= 15 is 0 Å². The first-order valence-electron chi connectivity index (χ1n) is 6.93. The number of anilines is 1. The van der Waals surface area contributed by atoms with Crippen molar-refractivity contribution in [3.05, 3.63) is 59.1 Å². The molecule has 0 heterocycles. The molecule has 2 aromatic carbocycles. The van der Waals surface area contributed by atoms with E-state index in [1.54, 1.807) is 31.2 Å². The maximum atomic E-state index is 12.2. The van der Waals surface area contributed by atoms with E-state index in [1.165, 1.54) is 24.3 Å². The van der Waals surface area contributed by atoms with Crippen LogP contribution in [0.4, 0.5) is 5.69 Å². The van der Waals surface area contributed by atoms with Gasteiger partial charge in [0.25, 0.3) is 10.0 Å². The molecule has 122 valence electrons. The zero-order chi connectivity index (χ0) is 16.9. The third-order valence-corrected chi connectivity index (χ3v) is 4.63. The highest BCUT2D eigenvalue weighted by Gasteiger charge is 2.14. The number of esters is 1. The number of hydrogen-bond donors (Lipinski definition) is 1. The number of rotatable bonds is 6. The molecular formula is C16H16ClNO4S. The van der Waals surface area contributed by atoms with Crippen LogP contribution in [0.25, 0.3) is 0 Å². The van der Waals surface area contributed by atoms with Crippen LogP contribution < -0.4 is 4.72 Å². The molecule has 2 aromatic rings. The standard InChI is InChI=1S/C16H16ClNO4S/c1-2-22-16(19)11-12-3-7-14(8-4-12)18-23(20,21)15-9-5-13(17)6-10-15/h3-10,18H,2,11H2,1H3. The average Bonchev–Trinajstić information content (AvgIpc) is 2.50. The van der Waals surface area contributed by atoms with E-state index in [0.29, 0.717) is 17.3 Å². The van der Waals surface area contributed by atoms with Crippen LogP contribution in [0, 0.1) is 0 Å². The lowest BCUT2D eigenvalue weighted by atomic mass is 10.1. The largest absolute Gasteiger partial charge is 0.466 e. The predicted octanol–water partition coefficient (Wildman–Crippen LogP) is 3.25. The fourth-order valence-corrected chi connectivity index (χ4v) is 3.08. The summed E-state index contributed by atoms with van der Waals surface area (Å²) in [6.45, 7) is 2.07. The van der Waals surface area contributed by atoms with Crippen molar-refractivity contribution >= 4 is 33.3 Å². The Labute approximate surface area is 140 Å². The van der Waals surface area contributed by atoms with E-state index in [4.69, 9.17) is 16.3 Å². The lowest BCUT2D eigenvalue weighted by Crippen LogP contribution is -2.13. The van der Waals surface area contributed by atoms with Gasteiger partial charge < -0.3 is 4.74 Å². The van der Waals surface area contributed by atoms with Gasteiger partial charge in [-0.2, -0.15) is 0 Å². The van der Waals surface area contributed by atoms with Gasteiger partial charge in [-0.25, -0.2) is 8.42 Å². The van der Waals surface area contributed by atoms with Gasteiger partial charge in [-0.3, -0.25) is 9.52 Å². The minimum absolute atomic E-state index is 0.123. The Morgan fingerprint density at radius 1 is 1.09 bits per heavy atom. The van der Waals surface area contributed by atoms with Crippen LogP contribution in [0.2, 0.25) is 5.02 Å². The van der Waals surface area contributed by atoms with Crippen LogP contribution in [0.3, 0.4) is 0 Å². The summed E-state index contributed by atoms with van der Waals surface area (Å²) in [5, 5.41) is 0.465. The quantitative estimate of drug-likeness (QED) is 0.809. The molecule has 0 amide bonds. The van der Waals surface area contributed by atoms with E-state index < -0.39 is 10.0 Å². The van der Waals surface area contributed by atoms with Crippen molar-refractivity contribution in [1.82, 2.24) is 0 Å². The maximum absolute atomic E-state index is 12.2. The molecule has 1 N–H and O–H groups in total. The van der Waals surface area contributed by atoms with E-state index in [2.05, 4.69) is 4.72 Å². The Kier molecular flexibility index (Phi) is 5.63. The molecule has 0 aliphatic heterocycles. The second-order valence-electron chi connectivity index (χ2n) is 4.74. The summed E-state index contributed by atoms with van der Waals surface area (Å²) >= 11 is 5.75. The highest BCUT2D eigenvalue weighted by atomic mass is 35.5. The zero-order valence-electron chi connectivity index (χ0n) is 12.5. The number of hydrogen-bond acceptors (Lipinski definition) is 4. The second kappa shape index (κ2) is 7.48. The molecule has 0 unspecified atom stereocenters. The van der Waals surface area contributed by atoms with Crippen LogP contribution in [-0.4, -0.2) is 21.0 Å². The first kappa shape index (κ1) is 17.3. The van der Waals surface area contributed by atoms with E-state index in [0.717, 1.165) is 5.56 Å². The molecule has 0 radical (unpaired) electrons. The molecule has 0 bridgehead atoms. The Hall–Kier alpha value is -2.05. The van der Waals surface area contributed by atoms with Gasteiger partial charge in [-0.05, 0) is 48.9 Å². The highest BCUT2D eigenvalue weighted by molar-refractivity contribution is 7.92. The molecule has 2 rings (SSSR count). The number of carbonyl (C=O) groups excluding carboxylic acids is 1. The van der Waals surface area contributed by atoms with Gasteiger partial charge in [0, 0.05) is 10.7 Å². The maximum Gasteiger partial charge on any atom is 0.310 e. The lowest BCUT2D eigenvalue weighted by Gasteiger charge is -2.09. The fraction of sp³-hybridized carbons (Fsp3) is 0.188. The third kappa shape index (κ3) is 4.97. The first-order valence-corrected chi connectivity index (χ1v) is 8.80. The van der Waals surface area contributed by atoms with Gasteiger partial charge in [-0.15, -0.1) is 0 Å². The molecule has 5 nitrogen and oxygen atoms in total. The van der Waals surface area contributed by atoms with Crippen LogP contribution in [0.5, 0.6) is 0 Å². The average molecular weight is 354 g/mol. The van der Waals surface area contributed by atoms with Gasteiger partial charge in [0.2, 0.25) is 0 Å². The van der Waals surface area contributed by atoms with Crippen molar-refractivity contribution in [3.63, 3.8) is 0 Å². The summed E-state index contributed by atoms with van der Waals surface area (Å²) in [6.07, 6.45) is 0.151. The molecule has 23 heavy (non-hydrogen) atoms. The Balaban J connectivity index is 2.08. The normalized spacial score (nSPS) is 11.0. The molecular weight excluding hydrogens is 338 g/mol. The monoisotopic (exact) mass is 353 g/mol. The summed E-state index contributed by atoms with van der Waals surface area (Å²) in [5.41, 5.74) is 1.16. The molecule has 0 atom stereocenters. The second-order valence-corrected chi connectivity index (χ2v) is 6.86. The van der Waals surface area contributed by atoms with Crippen LogP contribution in [-0.2, 0) is 26.0 Å². The topological polar surface area (TPSA) is 72.5 Å². The number of nitrogens with one attached hydrogen (secondary N) is 1. The summed E-state index contributed by atoms with van der Waals surface area (Å²) < 4.78 is 31.8. The van der Waals surface area contributed by atoms with E-state index in [9.17, 15) is 13.2 Å². The molecule has 0 fully saturated rings. The Morgan fingerprint density at radius 2 is 1.70 bits per heavy atom. The fourth-order valence-electron chi connectivity index (χ4n) is 1.90. The number of halogens is 1. The van der Waals surface area contributed by atoms with E-state index in [1.807, 2.05) is 0 Å². The summed E-state index contributed by atoms with van der Waals surface area (Å²) in [5.74, 6) is -0.318. The Bertz CT molecular complexity index is 771. The van der Waals surface area contributed by atoms with Crippen molar-refractivity contribution in [2.45, 2.75) is 18.2 Å². The van der Waals surface area contributed by atoms with Crippen molar-refractivity contribution in [2.75, 3.05) is 11.3 Å². The molecule has 0 aromatic heterocycles. The van der Waals surface area contributed by atoms with Gasteiger partial charge in [-0.1, -0.05) is 23.7 Å². The van der Waals surface area contributed by atoms with Gasteiger partial charge in [0.05, 0.1) is 17.9 Å². The van der Waals surface area contributed by atoms with Crippen molar-refractivity contribution in [1.29, 1.82) is 0 Å². The molecule has 0 aliphatic carbocycles. The van der Waals surface area contributed by atoms with E-state index in [-0.39, 0.29) is 17.3 Å². The minimum atomic E-state index is -3.67. The van der Waals surface area contributed by atoms with Crippen molar-refractivity contribution in [2.24, 2.45) is 0 Å². The number of carbonyl (C=O) groups is 1. The van der Waals surface area contributed by atoms with Crippen LogP contribution in [0.1, 0.15) is 12.5 Å². The number of sulfonamides is 1. The molecule has 0 spiro atoms. The SMILES string of the molecule is CCOC(=O)Cc1ccc(NS(=O)(=O)c2ccc(Cl)cc2)cc1. The van der Waals surface area contributed by atoms with Gasteiger partial charge in [0.15, 0.2) is 0 Å². The third-order valence-electron chi connectivity index (χ3n) is 2.98. The lowest BCUT2D eigenvalue weighted by molar-refractivity contribution is -0.142. The molecule has 0 saturated carbocycles. The van der Waals surface area contributed by atoms with Crippen molar-refractivity contribution < 1.29 is 17.9 Å². The summed E-state index contributed by atoms with van der Waals surface area (Å²) in [7, 11) is -3.67. The van der Waals surface area contributed by atoms with Gasteiger partial charge >= 0.3 is 5.97 Å². The van der Waals surface area contributed by atoms with Crippen LogP contribution >= 0.6 is 11.6 Å². The molecule has 0 saturated heterocycles. The summed E-state index contributed by atoms with van der Waals surface area (Å²) in [4.78, 5) is 11.5. The minimum Gasteiger partial charge on any atom is -0.466 e. The molecule has 0 aliphatic rings. The zero-order valence-corrected chi connectivity index (χ0v) is 14.0. The smallest absolute Gasteiger partial charge is 0.310 e. The summed E-state index contributed by atoms with van der Waals surface area (Å²) in [6, 6.07) is 12.4. The van der Waals surface area contributed by atoms with Crippen molar-refractivity contribution in [3.8, 4) is 0 Å². The molecule has 7 heteroatoms. The number of ether oxygens (including phenoxy) is 1. The number of benzene rings is 2. The highest BCUT2D eigenvalue weighted by Crippen LogP contribution is 2.19. The van der Waals surface area contributed by atoms with Crippen LogP contribution in [0.15, 0.2) is 53.4 Å². The Morgan fingerprint density at radius 3 is 2.26 bits per heavy atom.